The van der Waals surface area contributed by atoms with Crippen LogP contribution in [0.3, 0.4) is 0 Å². The van der Waals surface area contributed by atoms with Crippen LogP contribution in [0.4, 0.5) is 5.69 Å². The van der Waals surface area contributed by atoms with Crippen LogP contribution in [0.25, 0.3) is 0 Å². The van der Waals surface area contributed by atoms with Crippen LogP contribution in [0.1, 0.15) is 15.9 Å². The number of hydrogen-bond donors (Lipinski definition) is 1. The van der Waals surface area contributed by atoms with Crippen LogP contribution in [0.2, 0.25) is 0 Å². The SMILES string of the molecule is CSc1ccccc1NC(=O)c1cccc(CN2CCOCC2)c1. The third-order valence-corrected chi connectivity index (χ3v) is 4.85. The predicted molar refractivity (Wildman–Crippen MR) is 98.7 cm³/mol. The van der Waals surface area contributed by atoms with Crippen molar-refractivity contribution in [1.29, 1.82) is 0 Å². The average Bonchev–Trinajstić information content (AvgIpc) is 2.63. The molecule has 2 aromatic carbocycles. The highest BCUT2D eigenvalue weighted by molar-refractivity contribution is 7.98. The fourth-order valence-electron chi connectivity index (χ4n) is 2.77. The van der Waals surface area contributed by atoms with Gasteiger partial charge in [0.1, 0.15) is 0 Å². The molecular formula is C19H22N2O2S. The van der Waals surface area contributed by atoms with Gasteiger partial charge in [-0.3, -0.25) is 9.69 Å². The molecule has 0 aliphatic carbocycles. The molecular weight excluding hydrogens is 320 g/mol. The average molecular weight is 342 g/mol. The second-order valence-electron chi connectivity index (χ2n) is 5.74. The Balaban J connectivity index is 1.69. The first-order valence-electron chi connectivity index (χ1n) is 8.09. The number of benzene rings is 2. The van der Waals surface area contributed by atoms with Gasteiger partial charge in [-0.2, -0.15) is 0 Å². The molecule has 2 aromatic rings. The van der Waals surface area contributed by atoms with Crippen LogP contribution >= 0.6 is 11.8 Å². The molecule has 0 aromatic heterocycles. The third-order valence-electron chi connectivity index (χ3n) is 4.05. The molecule has 0 saturated carbocycles. The Labute approximate surface area is 147 Å². The van der Waals surface area contributed by atoms with E-state index in [4.69, 9.17) is 4.74 Å². The van der Waals surface area contributed by atoms with E-state index >= 15 is 0 Å². The summed E-state index contributed by atoms with van der Waals surface area (Å²) >= 11 is 1.63. The van der Waals surface area contributed by atoms with Gasteiger partial charge in [-0.1, -0.05) is 24.3 Å². The van der Waals surface area contributed by atoms with Crippen molar-refractivity contribution in [3.63, 3.8) is 0 Å². The molecule has 1 heterocycles. The molecule has 1 saturated heterocycles. The first kappa shape index (κ1) is 17.0. The van der Waals surface area contributed by atoms with Crippen molar-refractivity contribution in [2.75, 3.05) is 37.9 Å². The van der Waals surface area contributed by atoms with E-state index in [2.05, 4.69) is 16.3 Å². The standard InChI is InChI=1S/C19H22N2O2S/c1-24-18-8-3-2-7-17(18)20-19(22)16-6-4-5-15(13-16)14-21-9-11-23-12-10-21/h2-8,13H,9-12,14H2,1H3,(H,20,22). The van der Waals surface area contributed by atoms with Gasteiger partial charge in [0.05, 0.1) is 18.9 Å². The third kappa shape index (κ3) is 4.38. The van der Waals surface area contributed by atoms with Crippen LogP contribution in [0, 0.1) is 0 Å². The smallest absolute Gasteiger partial charge is 0.255 e. The molecule has 0 bridgehead atoms. The topological polar surface area (TPSA) is 41.6 Å². The fraction of sp³-hybridized carbons (Fsp3) is 0.316. The molecule has 24 heavy (non-hydrogen) atoms. The van der Waals surface area contributed by atoms with Crippen LogP contribution in [0.15, 0.2) is 53.4 Å². The quantitative estimate of drug-likeness (QED) is 0.845. The molecule has 1 N–H and O–H groups in total. The van der Waals surface area contributed by atoms with E-state index in [1.165, 1.54) is 0 Å². The van der Waals surface area contributed by atoms with Gasteiger partial charge in [-0.15, -0.1) is 11.8 Å². The van der Waals surface area contributed by atoms with Crippen molar-refractivity contribution >= 4 is 23.4 Å². The minimum Gasteiger partial charge on any atom is -0.379 e. The lowest BCUT2D eigenvalue weighted by Crippen LogP contribution is -2.35. The number of hydrogen-bond acceptors (Lipinski definition) is 4. The summed E-state index contributed by atoms with van der Waals surface area (Å²) in [6.07, 6.45) is 2.01. The van der Waals surface area contributed by atoms with Crippen LogP contribution < -0.4 is 5.32 Å². The largest absolute Gasteiger partial charge is 0.379 e. The number of amides is 1. The molecule has 1 amide bonds. The molecule has 0 atom stereocenters. The molecule has 3 rings (SSSR count). The Hall–Kier alpha value is -1.82. The second kappa shape index (κ2) is 8.33. The summed E-state index contributed by atoms with van der Waals surface area (Å²) in [5.41, 5.74) is 2.70. The molecule has 0 radical (unpaired) electrons. The van der Waals surface area contributed by atoms with Gasteiger partial charge in [0, 0.05) is 30.1 Å². The van der Waals surface area contributed by atoms with Crippen LogP contribution in [0.5, 0.6) is 0 Å². The van der Waals surface area contributed by atoms with Gasteiger partial charge in [0.2, 0.25) is 0 Å². The van der Waals surface area contributed by atoms with E-state index in [9.17, 15) is 4.79 Å². The maximum absolute atomic E-state index is 12.6. The van der Waals surface area contributed by atoms with Crippen molar-refractivity contribution in [2.45, 2.75) is 11.4 Å². The van der Waals surface area contributed by atoms with E-state index in [0.29, 0.717) is 5.56 Å². The van der Waals surface area contributed by atoms with Gasteiger partial charge in [0.15, 0.2) is 0 Å². The first-order valence-corrected chi connectivity index (χ1v) is 9.32. The lowest BCUT2D eigenvalue weighted by atomic mass is 10.1. The molecule has 1 aliphatic heterocycles. The Bertz CT molecular complexity index is 699. The Morgan fingerprint density at radius 3 is 2.75 bits per heavy atom. The van der Waals surface area contributed by atoms with E-state index in [-0.39, 0.29) is 5.91 Å². The van der Waals surface area contributed by atoms with Crippen molar-refractivity contribution in [3.8, 4) is 0 Å². The highest BCUT2D eigenvalue weighted by Crippen LogP contribution is 2.25. The van der Waals surface area contributed by atoms with Gasteiger partial charge in [-0.05, 0) is 36.1 Å². The van der Waals surface area contributed by atoms with Gasteiger partial charge < -0.3 is 10.1 Å². The zero-order valence-corrected chi connectivity index (χ0v) is 14.6. The number of nitrogens with zero attached hydrogens (tertiary/aromatic N) is 1. The van der Waals surface area contributed by atoms with E-state index in [0.717, 1.165) is 49.0 Å². The lowest BCUT2D eigenvalue weighted by Gasteiger charge is -2.26. The monoisotopic (exact) mass is 342 g/mol. The predicted octanol–water partition coefficient (Wildman–Crippen LogP) is 3.49. The van der Waals surface area contributed by atoms with Gasteiger partial charge in [0.25, 0.3) is 5.91 Å². The molecule has 0 unspecified atom stereocenters. The summed E-state index contributed by atoms with van der Waals surface area (Å²) in [5.74, 6) is -0.0691. The first-order chi connectivity index (χ1) is 11.8. The Morgan fingerprint density at radius 2 is 1.96 bits per heavy atom. The molecule has 5 heteroatoms. The number of anilines is 1. The Kier molecular flexibility index (Phi) is 5.91. The number of carbonyl (C=O) groups excluding carboxylic acids is 1. The zero-order chi connectivity index (χ0) is 16.8. The van der Waals surface area contributed by atoms with Gasteiger partial charge in [-0.25, -0.2) is 0 Å². The molecule has 126 valence electrons. The fourth-order valence-corrected chi connectivity index (χ4v) is 3.32. The molecule has 0 spiro atoms. The van der Waals surface area contributed by atoms with E-state index in [1.807, 2.05) is 48.7 Å². The number of carbonyl (C=O) groups is 1. The number of ether oxygens (including phenoxy) is 1. The summed E-state index contributed by atoms with van der Waals surface area (Å²) in [6, 6.07) is 15.7. The highest BCUT2D eigenvalue weighted by atomic mass is 32.2. The highest BCUT2D eigenvalue weighted by Gasteiger charge is 2.13. The van der Waals surface area contributed by atoms with E-state index in [1.54, 1.807) is 11.8 Å². The zero-order valence-electron chi connectivity index (χ0n) is 13.8. The van der Waals surface area contributed by atoms with Crippen LogP contribution in [-0.2, 0) is 11.3 Å². The number of para-hydroxylation sites is 1. The summed E-state index contributed by atoms with van der Waals surface area (Å²) in [5, 5.41) is 3.02. The minimum atomic E-state index is -0.0691. The summed E-state index contributed by atoms with van der Waals surface area (Å²) in [7, 11) is 0. The maximum Gasteiger partial charge on any atom is 0.255 e. The van der Waals surface area contributed by atoms with E-state index < -0.39 is 0 Å². The maximum atomic E-state index is 12.6. The molecule has 4 nitrogen and oxygen atoms in total. The minimum absolute atomic E-state index is 0.0691. The lowest BCUT2D eigenvalue weighted by molar-refractivity contribution is 0.0342. The summed E-state index contributed by atoms with van der Waals surface area (Å²) in [4.78, 5) is 16.0. The van der Waals surface area contributed by atoms with Gasteiger partial charge >= 0.3 is 0 Å². The number of thioether (sulfide) groups is 1. The number of rotatable bonds is 5. The van der Waals surface area contributed by atoms with Crippen molar-refractivity contribution in [3.05, 3.63) is 59.7 Å². The molecule has 1 aliphatic rings. The second-order valence-corrected chi connectivity index (χ2v) is 6.59. The Morgan fingerprint density at radius 1 is 1.17 bits per heavy atom. The van der Waals surface area contributed by atoms with Crippen molar-refractivity contribution in [1.82, 2.24) is 4.90 Å². The van der Waals surface area contributed by atoms with Crippen molar-refractivity contribution < 1.29 is 9.53 Å². The van der Waals surface area contributed by atoms with Crippen molar-refractivity contribution in [2.24, 2.45) is 0 Å². The molecule has 1 fully saturated rings. The number of nitrogens with one attached hydrogen (secondary N) is 1. The normalized spacial score (nSPS) is 15.2. The summed E-state index contributed by atoms with van der Waals surface area (Å²) < 4.78 is 5.38. The summed E-state index contributed by atoms with van der Waals surface area (Å²) in [6.45, 7) is 4.30. The number of morpholine rings is 1. The van der Waals surface area contributed by atoms with Crippen LogP contribution in [-0.4, -0.2) is 43.4 Å².